The van der Waals surface area contributed by atoms with Gasteiger partial charge in [0.05, 0.1) is 31.0 Å². The Morgan fingerprint density at radius 1 is 1.12 bits per heavy atom. The number of carbonyl (C=O) groups is 1. The Bertz CT molecular complexity index is 1100. The molecular formula is C23H23F3N4O2. The SMILES string of the molecule is Cn1nc(COCc2ccccc2)c2c1CCN(C(=O)Nc1cccc(C(F)(F)F)c1)C2. The van der Waals surface area contributed by atoms with Crippen molar-refractivity contribution in [1.82, 2.24) is 14.7 Å². The molecule has 32 heavy (non-hydrogen) atoms. The van der Waals surface area contributed by atoms with Crippen LogP contribution in [0.5, 0.6) is 0 Å². The van der Waals surface area contributed by atoms with Crippen molar-refractivity contribution in [2.45, 2.75) is 32.4 Å². The summed E-state index contributed by atoms with van der Waals surface area (Å²) in [5.74, 6) is 0. The molecule has 9 heteroatoms. The van der Waals surface area contributed by atoms with Crippen LogP contribution in [0.3, 0.4) is 0 Å². The summed E-state index contributed by atoms with van der Waals surface area (Å²) in [5.41, 5.74) is 3.07. The highest BCUT2D eigenvalue weighted by Gasteiger charge is 2.31. The van der Waals surface area contributed by atoms with Crippen molar-refractivity contribution in [3.63, 3.8) is 0 Å². The lowest BCUT2D eigenvalue weighted by Gasteiger charge is -2.28. The topological polar surface area (TPSA) is 59.4 Å². The van der Waals surface area contributed by atoms with Crippen LogP contribution < -0.4 is 5.32 Å². The molecule has 1 aliphatic rings. The van der Waals surface area contributed by atoms with Crippen LogP contribution in [0.4, 0.5) is 23.7 Å². The predicted molar refractivity (Wildman–Crippen MR) is 113 cm³/mol. The molecule has 2 heterocycles. The van der Waals surface area contributed by atoms with Gasteiger partial charge in [-0.2, -0.15) is 18.3 Å². The van der Waals surface area contributed by atoms with E-state index in [2.05, 4.69) is 10.4 Å². The number of nitrogens with zero attached hydrogens (tertiary/aromatic N) is 3. The summed E-state index contributed by atoms with van der Waals surface area (Å²) in [4.78, 5) is 14.3. The van der Waals surface area contributed by atoms with Crippen molar-refractivity contribution in [3.05, 3.63) is 82.7 Å². The second kappa shape index (κ2) is 9.04. The van der Waals surface area contributed by atoms with E-state index in [1.165, 1.54) is 12.1 Å². The third-order valence-electron chi connectivity index (χ3n) is 5.40. The van der Waals surface area contributed by atoms with Crippen molar-refractivity contribution >= 4 is 11.7 Å². The number of urea groups is 1. The van der Waals surface area contributed by atoms with Gasteiger partial charge in [-0.3, -0.25) is 4.68 Å². The summed E-state index contributed by atoms with van der Waals surface area (Å²) in [5, 5.41) is 7.12. The Hall–Kier alpha value is -3.33. The number of alkyl halides is 3. The van der Waals surface area contributed by atoms with Crippen LogP contribution in [0.2, 0.25) is 0 Å². The van der Waals surface area contributed by atoms with Crippen molar-refractivity contribution in [2.24, 2.45) is 7.05 Å². The number of carbonyl (C=O) groups excluding carboxylic acids is 1. The normalized spacial score (nSPS) is 13.7. The zero-order chi connectivity index (χ0) is 22.7. The molecule has 0 atom stereocenters. The molecule has 1 aliphatic heterocycles. The number of benzene rings is 2. The van der Waals surface area contributed by atoms with Gasteiger partial charge in [-0.05, 0) is 23.8 Å². The number of halogens is 3. The molecule has 0 aliphatic carbocycles. The Balaban J connectivity index is 1.42. The van der Waals surface area contributed by atoms with Crippen LogP contribution >= 0.6 is 0 Å². The van der Waals surface area contributed by atoms with Gasteiger partial charge in [0.15, 0.2) is 0 Å². The Kier molecular flexibility index (Phi) is 6.18. The number of hydrogen-bond acceptors (Lipinski definition) is 3. The minimum atomic E-state index is -4.47. The van der Waals surface area contributed by atoms with Crippen LogP contribution in [-0.4, -0.2) is 27.3 Å². The maximum atomic E-state index is 12.9. The van der Waals surface area contributed by atoms with E-state index < -0.39 is 17.8 Å². The van der Waals surface area contributed by atoms with Crippen LogP contribution in [0.1, 0.15) is 28.1 Å². The summed E-state index contributed by atoms with van der Waals surface area (Å²) in [6, 6.07) is 14.0. The van der Waals surface area contributed by atoms with E-state index in [4.69, 9.17) is 4.74 Å². The molecule has 3 aromatic rings. The van der Waals surface area contributed by atoms with Gasteiger partial charge >= 0.3 is 12.2 Å². The van der Waals surface area contributed by atoms with E-state index in [1.54, 1.807) is 9.58 Å². The molecular weight excluding hydrogens is 421 g/mol. The summed E-state index contributed by atoms with van der Waals surface area (Å²) in [6.07, 6.45) is -3.86. The van der Waals surface area contributed by atoms with E-state index in [-0.39, 0.29) is 5.69 Å². The lowest BCUT2D eigenvalue weighted by atomic mass is 10.1. The fourth-order valence-electron chi connectivity index (χ4n) is 3.77. The van der Waals surface area contributed by atoms with E-state index in [9.17, 15) is 18.0 Å². The summed E-state index contributed by atoms with van der Waals surface area (Å²) in [6.45, 7) is 1.52. The number of aromatic nitrogens is 2. The van der Waals surface area contributed by atoms with E-state index in [1.807, 2.05) is 37.4 Å². The van der Waals surface area contributed by atoms with Crippen LogP contribution in [0.25, 0.3) is 0 Å². The summed E-state index contributed by atoms with van der Waals surface area (Å²) in [7, 11) is 1.86. The first-order chi connectivity index (χ1) is 15.3. The molecule has 0 spiro atoms. The minimum absolute atomic E-state index is 0.105. The predicted octanol–water partition coefficient (Wildman–Crippen LogP) is 4.75. The number of aryl methyl sites for hydroxylation is 1. The molecule has 6 nitrogen and oxygen atoms in total. The molecule has 0 bridgehead atoms. The third kappa shape index (κ3) is 4.94. The monoisotopic (exact) mass is 444 g/mol. The smallest absolute Gasteiger partial charge is 0.370 e. The molecule has 1 N–H and O–H groups in total. The number of fused-ring (bicyclic) bond motifs is 1. The Morgan fingerprint density at radius 2 is 1.91 bits per heavy atom. The Labute approximate surface area is 183 Å². The fourth-order valence-corrected chi connectivity index (χ4v) is 3.77. The van der Waals surface area contributed by atoms with Crippen molar-refractivity contribution in [3.8, 4) is 0 Å². The zero-order valence-corrected chi connectivity index (χ0v) is 17.5. The molecule has 0 unspecified atom stereocenters. The molecule has 2 amide bonds. The lowest BCUT2D eigenvalue weighted by Crippen LogP contribution is -2.39. The molecule has 168 valence electrons. The number of ether oxygens (including phenoxy) is 1. The van der Waals surface area contributed by atoms with Crippen LogP contribution in [-0.2, 0) is 44.1 Å². The van der Waals surface area contributed by atoms with Crippen molar-refractivity contribution in [1.29, 1.82) is 0 Å². The van der Waals surface area contributed by atoms with Crippen molar-refractivity contribution in [2.75, 3.05) is 11.9 Å². The first kappa shape index (κ1) is 21.9. The molecule has 0 saturated heterocycles. The first-order valence-electron chi connectivity index (χ1n) is 10.2. The van der Waals surface area contributed by atoms with Crippen LogP contribution in [0, 0.1) is 0 Å². The maximum Gasteiger partial charge on any atom is 0.416 e. The van der Waals surface area contributed by atoms with Gasteiger partial charge < -0.3 is 15.0 Å². The van der Waals surface area contributed by atoms with Gasteiger partial charge in [-0.15, -0.1) is 0 Å². The van der Waals surface area contributed by atoms with E-state index in [0.717, 1.165) is 34.6 Å². The van der Waals surface area contributed by atoms with Gasteiger partial charge in [-0.25, -0.2) is 4.79 Å². The molecule has 0 fully saturated rings. The average Bonchev–Trinajstić information content (AvgIpc) is 3.09. The zero-order valence-electron chi connectivity index (χ0n) is 17.5. The van der Waals surface area contributed by atoms with Gasteiger partial charge in [-0.1, -0.05) is 36.4 Å². The minimum Gasteiger partial charge on any atom is -0.370 e. The fraction of sp³-hybridized carbons (Fsp3) is 0.304. The van der Waals surface area contributed by atoms with Gasteiger partial charge in [0.25, 0.3) is 0 Å². The summed E-state index contributed by atoms with van der Waals surface area (Å²) < 4.78 is 46.4. The van der Waals surface area contributed by atoms with Crippen molar-refractivity contribution < 1.29 is 22.7 Å². The highest BCUT2D eigenvalue weighted by Crippen LogP contribution is 2.31. The second-order valence-corrected chi connectivity index (χ2v) is 7.65. The average molecular weight is 444 g/mol. The van der Waals surface area contributed by atoms with E-state index in [0.29, 0.717) is 32.7 Å². The molecule has 0 radical (unpaired) electrons. The Morgan fingerprint density at radius 3 is 2.66 bits per heavy atom. The first-order valence-corrected chi connectivity index (χ1v) is 10.2. The summed E-state index contributed by atoms with van der Waals surface area (Å²) >= 11 is 0. The third-order valence-corrected chi connectivity index (χ3v) is 5.40. The number of hydrogen-bond donors (Lipinski definition) is 1. The number of nitrogens with one attached hydrogen (secondary N) is 1. The van der Waals surface area contributed by atoms with Crippen LogP contribution in [0.15, 0.2) is 54.6 Å². The standard InChI is InChI=1S/C23H23F3N4O2/c1-29-21-10-11-30(22(31)27-18-9-5-8-17(12-18)23(24,25)26)13-19(21)20(28-29)15-32-14-16-6-3-2-4-7-16/h2-9,12H,10-11,13-15H2,1H3,(H,27,31). The highest BCUT2D eigenvalue weighted by atomic mass is 19.4. The largest absolute Gasteiger partial charge is 0.416 e. The second-order valence-electron chi connectivity index (χ2n) is 7.65. The molecule has 1 aromatic heterocycles. The number of amides is 2. The molecule has 4 rings (SSSR count). The molecule has 0 saturated carbocycles. The van der Waals surface area contributed by atoms with Gasteiger partial charge in [0.2, 0.25) is 0 Å². The quantitative estimate of drug-likeness (QED) is 0.618. The molecule has 2 aromatic carbocycles. The lowest BCUT2D eigenvalue weighted by molar-refractivity contribution is -0.137. The van der Waals surface area contributed by atoms with Gasteiger partial charge in [0, 0.05) is 37.0 Å². The highest BCUT2D eigenvalue weighted by molar-refractivity contribution is 5.89. The number of anilines is 1. The van der Waals surface area contributed by atoms with Gasteiger partial charge in [0.1, 0.15) is 0 Å². The maximum absolute atomic E-state index is 12.9. The number of rotatable bonds is 5. The van der Waals surface area contributed by atoms with E-state index >= 15 is 0 Å².